The van der Waals surface area contributed by atoms with Gasteiger partial charge in [-0.05, 0) is 7.05 Å². The summed E-state index contributed by atoms with van der Waals surface area (Å²) in [5, 5.41) is 0. The molecule has 82 valence electrons. The zero-order valence-corrected chi connectivity index (χ0v) is 8.84. The Morgan fingerprint density at radius 3 is 2.93 bits per heavy atom. The van der Waals surface area contributed by atoms with Crippen molar-refractivity contribution in [2.24, 2.45) is 5.73 Å². The topological polar surface area (TPSA) is 64.3 Å². The van der Waals surface area contributed by atoms with Crippen LogP contribution in [0.2, 0.25) is 0 Å². The number of ether oxygens (including phenoxy) is 1. The molecule has 0 aromatic carbocycles. The Hall–Kier alpha value is -1.04. The summed E-state index contributed by atoms with van der Waals surface area (Å²) in [5.74, 6) is 0. The Morgan fingerprint density at radius 1 is 1.53 bits per heavy atom. The van der Waals surface area contributed by atoms with Crippen LogP contribution < -0.4 is 5.73 Å². The van der Waals surface area contributed by atoms with Crippen molar-refractivity contribution in [2.45, 2.75) is 12.1 Å². The Balaban J connectivity index is 2.04. The molecule has 1 aliphatic heterocycles. The lowest BCUT2D eigenvalue weighted by Gasteiger charge is -2.33. The Labute approximate surface area is 89.3 Å². The van der Waals surface area contributed by atoms with E-state index in [1.807, 2.05) is 0 Å². The molecule has 5 heteroatoms. The summed E-state index contributed by atoms with van der Waals surface area (Å²) < 4.78 is 5.64. The van der Waals surface area contributed by atoms with Crippen LogP contribution in [0, 0.1) is 0 Å². The number of aromatic nitrogens is 2. The number of morpholine rings is 1. The van der Waals surface area contributed by atoms with Crippen molar-refractivity contribution >= 4 is 0 Å². The Morgan fingerprint density at radius 2 is 2.27 bits per heavy atom. The van der Waals surface area contributed by atoms with Gasteiger partial charge in [-0.2, -0.15) is 0 Å². The van der Waals surface area contributed by atoms with Gasteiger partial charge in [0.15, 0.2) is 0 Å². The van der Waals surface area contributed by atoms with Gasteiger partial charge in [0.2, 0.25) is 0 Å². The van der Waals surface area contributed by atoms with Gasteiger partial charge in [0.1, 0.15) is 6.33 Å². The van der Waals surface area contributed by atoms with Gasteiger partial charge in [0.05, 0.1) is 18.8 Å². The Kier molecular flexibility index (Phi) is 3.25. The third kappa shape index (κ3) is 2.50. The number of hydrogen-bond acceptors (Lipinski definition) is 5. The first-order chi connectivity index (χ1) is 7.27. The minimum atomic E-state index is -0.144. The van der Waals surface area contributed by atoms with Crippen molar-refractivity contribution in [3.63, 3.8) is 0 Å². The highest BCUT2D eigenvalue weighted by Crippen LogP contribution is 2.17. The Bertz CT molecular complexity index is 306. The van der Waals surface area contributed by atoms with E-state index in [1.54, 1.807) is 12.4 Å². The van der Waals surface area contributed by atoms with E-state index in [0.717, 1.165) is 25.3 Å². The molecule has 15 heavy (non-hydrogen) atoms. The predicted molar refractivity (Wildman–Crippen MR) is 56.2 cm³/mol. The standard InChI is InChI=1S/C10H16N4O/c1-14-2-3-15-9(6-14)10(11)8-4-12-7-13-5-8/h4-5,7,9-10H,2-3,6,11H2,1H3. The molecular formula is C10H16N4O. The van der Waals surface area contributed by atoms with Crippen molar-refractivity contribution in [1.82, 2.24) is 14.9 Å². The maximum Gasteiger partial charge on any atom is 0.115 e. The molecule has 0 bridgehead atoms. The zero-order chi connectivity index (χ0) is 10.7. The maximum absolute atomic E-state index is 6.10. The van der Waals surface area contributed by atoms with E-state index in [0.29, 0.717) is 0 Å². The summed E-state index contributed by atoms with van der Waals surface area (Å²) >= 11 is 0. The number of nitrogens with zero attached hydrogens (tertiary/aromatic N) is 3. The second-order valence-corrected chi connectivity index (χ2v) is 3.87. The van der Waals surface area contributed by atoms with E-state index in [-0.39, 0.29) is 12.1 Å². The summed E-state index contributed by atoms with van der Waals surface area (Å²) in [6.07, 6.45) is 5.03. The molecule has 0 amide bonds. The second-order valence-electron chi connectivity index (χ2n) is 3.87. The summed E-state index contributed by atoms with van der Waals surface area (Å²) in [4.78, 5) is 10.1. The van der Waals surface area contributed by atoms with Gasteiger partial charge in [-0.1, -0.05) is 0 Å². The van der Waals surface area contributed by atoms with E-state index < -0.39 is 0 Å². The quantitative estimate of drug-likeness (QED) is 0.729. The molecule has 1 saturated heterocycles. The van der Waals surface area contributed by atoms with E-state index in [1.165, 1.54) is 6.33 Å². The molecule has 1 aliphatic rings. The molecule has 1 aromatic rings. The van der Waals surface area contributed by atoms with Crippen LogP contribution in [0.15, 0.2) is 18.7 Å². The van der Waals surface area contributed by atoms with Crippen molar-refractivity contribution < 1.29 is 4.74 Å². The molecule has 2 N–H and O–H groups in total. The third-order valence-electron chi connectivity index (χ3n) is 2.66. The molecule has 2 atom stereocenters. The minimum absolute atomic E-state index is 0.0368. The van der Waals surface area contributed by atoms with E-state index in [2.05, 4.69) is 21.9 Å². The molecule has 2 rings (SSSR count). The summed E-state index contributed by atoms with van der Waals surface area (Å²) in [5.41, 5.74) is 7.03. The van der Waals surface area contributed by atoms with Crippen LogP contribution in [0.5, 0.6) is 0 Å². The van der Waals surface area contributed by atoms with E-state index >= 15 is 0 Å². The highest BCUT2D eigenvalue weighted by atomic mass is 16.5. The van der Waals surface area contributed by atoms with Crippen molar-refractivity contribution in [2.75, 3.05) is 26.7 Å². The van der Waals surface area contributed by atoms with E-state index in [4.69, 9.17) is 10.5 Å². The van der Waals surface area contributed by atoms with Crippen molar-refractivity contribution in [1.29, 1.82) is 0 Å². The van der Waals surface area contributed by atoms with Gasteiger partial charge in [-0.3, -0.25) is 0 Å². The molecule has 0 spiro atoms. The molecule has 2 unspecified atom stereocenters. The number of likely N-dealkylation sites (N-methyl/N-ethyl adjacent to an activating group) is 1. The summed E-state index contributed by atoms with van der Waals surface area (Å²) in [7, 11) is 2.07. The molecule has 0 saturated carbocycles. The molecule has 0 aliphatic carbocycles. The van der Waals surface area contributed by atoms with Crippen LogP contribution in [0.1, 0.15) is 11.6 Å². The second kappa shape index (κ2) is 4.65. The lowest BCUT2D eigenvalue weighted by molar-refractivity contribution is -0.0327. The smallest absolute Gasteiger partial charge is 0.115 e. The first kappa shape index (κ1) is 10.5. The van der Waals surface area contributed by atoms with Crippen molar-refractivity contribution in [3.8, 4) is 0 Å². The van der Waals surface area contributed by atoms with Gasteiger partial charge in [0, 0.05) is 31.0 Å². The number of rotatable bonds is 2. The first-order valence-corrected chi connectivity index (χ1v) is 5.08. The van der Waals surface area contributed by atoms with Gasteiger partial charge < -0.3 is 15.4 Å². The first-order valence-electron chi connectivity index (χ1n) is 5.08. The number of hydrogen-bond donors (Lipinski definition) is 1. The molecule has 2 heterocycles. The lowest BCUT2D eigenvalue weighted by atomic mass is 10.0. The highest BCUT2D eigenvalue weighted by Gasteiger charge is 2.25. The fourth-order valence-electron chi connectivity index (χ4n) is 1.73. The monoisotopic (exact) mass is 208 g/mol. The van der Waals surface area contributed by atoms with Gasteiger partial charge in [-0.15, -0.1) is 0 Å². The zero-order valence-electron chi connectivity index (χ0n) is 8.84. The summed E-state index contributed by atoms with van der Waals surface area (Å²) in [6, 6.07) is -0.144. The largest absolute Gasteiger partial charge is 0.374 e. The van der Waals surface area contributed by atoms with E-state index in [9.17, 15) is 0 Å². The maximum atomic E-state index is 6.10. The van der Waals surface area contributed by atoms with Gasteiger partial charge in [0.25, 0.3) is 0 Å². The minimum Gasteiger partial charge on any atom is -0.374 e. The van der Waals surface area contributed by atoms with Crippen molar-refractivity contribution in [3.05, 3.63) is 24.3 Å². The highest BCUT2D eigenvalue weighted by molar-refractivity contribution is 5.11. The molecular weight excluding hydrogens is 192 g/mol. The molecule has 1 fully saturated rings. The lowest BCUT2D eigenvalue weighted by Crippen LogP contribution is -2.45. The summed E-state index contributed by atoms with van der Waals surface area (Å²) in [6.45, 7) is 2.56. The predicted octanol–water partition coefficient (Wildman–Crippen LogP) is -0.193. The van der Waals surface area contributed by atoms with Crippen LogP contribution in [0.4, 0.5) is 0 Å². The van der Waals surface area contributed by atoms with Crippen LogP contribution >= 0.6 is 0 Å². The normalized spacial score (nSPS) is 25.1. The van der Waals surface area contributed by atoms with Gasteiger partial charge in [-0.25, -0.2) is 9.97 Å². The fraction of sp³-hybridized carbons (Fsp3) is 0.600. The van der Waals surface area contributed by atoms with Gasteiger partial charge >= 0.3 is 0 Å². The fourth-order valence-corrected chi connectivity index (χ4v) is 1.73. The average Bonchev–Trinajstić information content (AvgIpc) is 2.29. The van der Waals surface area contributed by atoms with Crippen LogP contribution in [0.3, 0.4) is 0 Å². The van der Waals surface area contributed by atoms with Crippen LogP contribution in [-0.4, -0.2) is 47.7 Å². The molecule has 5 nitrogen and oxygen atoms in total. The third-order valence-corrected chi connectivity index (χ3v) is 2.66. The molecule has 1 aromatic heterocycles. The number of nitrogens with two attached hydrogens (primary N) is 1. The van der Waals surface area contributed by atoms with Crippen LogP contribution in [-0.2, 0) is 4.74 Å². The van der Waals surface area contributed by atoms with Crippen LogP contribution in [0.25, 0.3) is 0 Å². The SMILES string of the molecule is CN1CCOC(C(N)c2cncnc2)C1. The average molecular weight is 208 g/mol. The molecule has 0 radical (unpaired) electrons.